The number of carbonyl (C=O) groups excluding carboxylic acids is 1. The number of aliphatic hydroxyl groups excluding tert-OH is 2. The number of hydrogen-bond donors (Lipinski definition) is 2. The molecule has 102 valence electrons. The van der Waals surface area contributed by atoms with Crippen molar-refractivity contribution in [1.82, 2.24) is 0 Å². The topological polar surface area (TPSA) is 57.5 Å². The van der Waals surface area contributed by atoms with Crippen LogP contribution in [0.2, 0.25) is 0 Å². The van der Waals surface area contributed by atoms with E-state index in [2.05, 4.69) is 6.92 Å². The first-order chi connectivity index (χ1) is 8.52. The largest absolute Gasteiger partial charge is 0.392 e. The maximum atomic E-state index is 11.4. The van der Waals surface area contributed by atoms with Crippen molar-refractivity contribution in [2.24, 2.45) is 23.7 Å². The van der Waals surface area contributed by atoms with Crippen LogP contribution in [-0.2, 0) is 4.79 Å². The summed E-state index contributed by atoms with van der Waals surface area (Å²) in [6.45, 7) is 4.07. The van der Waals surface area contributed by atoms with Crippen molar-refractivity contribution >= 4 is 5.78 Å². The molecular formula is C15H24O3. The van der Waals surface area contributed by atoms with Gasteiger partial charge in [0, 0.05) is 18.8 Å². The summed E-state index contributed by atoms with van der Waals surface area (Å²) in [5, 5.41) is 20.0. The molecule has 2 saturated carbocycles. The maximum absolute atomic E-state index is 11.4. The van der Waals surface area contributed by atoms with Crippen LogP contribution in [0.4, 0.5) is 0 Å². The lowest BCUT2D eigenvalue weighted by atomic mass is 9.90. The van der Waals surface area contributed by atoms with Crippen LogP contribution in [0.5, 0.6) is 0 Å². The minimum Gasteiger partial charge on any atom is -0.392 e. The van der Waals surface area contributed by atoms with Crippen molar-refractivity contribution in [3.8, 4) is 0 Å². The number of ketones is 1. The molecule has 0 amide bonds. The molecule has 3 nitrogen and oxygen atoms in total. The van der Waals surface area contributed by atoms with E-state index in [4.69, 9.17) is 0 Å². The average molecular weight is 252 g/mol. The van der Waals surface area contributed by atoms with Crippen LogP contribution >= 0.6 is 0 Å². The highest BCUT2D eigenvalue weighted by Gasteiger charge is 2.46. The van der Waals surface area contributed by atoms with E-state index in [1.54, 1.807) is 0 Å². The van der Waals surface area contributed by atoms with Crippen LogP contribution in [0.1, 0.15) is 39.5 Å². The molecule has 0 aliphatic heterocycles. The second kappa shape index (κ2) is 5.54. The Morgan fingerprint density at radius 2 is 2.17 bits per heavy atom. The van der Waals surface area contributed by atoms with E-state index in [-0.39, 0.29) is 17.9 Å². The minimum atomic E-state index is -0.446. The van der Waals surface area contributed by atoms with E-state index in [0.29, 0.717) is 30.5 Å². The summed E-state index contributed by atoms with van der Waals surface area (Å²) in [7, 11) is 0. The lowest BCUT2D eigenvalue weighted by Gasteiger charge is -2.18. The van der Waals surface area contributed by atoms with Gasteiger partial charge in [-0.3, -0.25) is 4.79 Å². The molecule has 0 saturated heterocycles. The average Bonchev–Trinajstić information content (AvgIpc) is 2.80. The summed E-state index contributed by atoms with van der Waals surface area (Å²) < 4.78 is 0. The molecule has 0 aromatic carbocycles. The highest BCUT2D eigenvalue weighted by molar-refractivity contribution is 5.81. The predicted molar refractivity (Wildman–Crippen MR) is 69.9 cm³/mol. The number of Topliss-reactive ketones (excluding diaryl/α,β-unsaturated/α-hetero) is 1. The molecule has 1 unspecified atom stereocenters. The molecule has 2 aliphatic carbocycles. The standard InChI is InChI=1S/C15H24O3/c1-3-9(2)14(17)5-4-12-13-8-11(16)6-10(13)7-15(12)18/h4-5,9-10,12-15,17-18H,3,6-8H2,1-2H3/b5-4+/t9?,10-,12+,13-,14+,15+/m0/s1. The minimum absolute atomic E-state index is 0.0557. The highest BCUT2D eigenvalue weighted by Crippen LogP contribution is 2.46. The zero-order valence-electron chi connectivity index (χ0n) is 11.2. The number of carbonyl (C=O) groups is 1. The molecule has 0 heterocycles. The fourth-order valence-corrected chi connectivity index (χ4v) is 3.36. The Hall–Kier alpha value is -0.670. The Kier molecular flexibility index (Phi) is 4.23. The first kappa shape index (κ1) is 13.8. The second-order valence-corrected chi connectivity index (χ2v) is 6.01. The van der Waals surface area contributed by atoms with Gasteiger partial charge in [-0.15, -0.1) is 0 Å². The fraction of sp³-hybridized carbons (Fsp3) is 0.800. The van der Waals surface area contributed by atoms with Gasteiger partial charge in [0.1, 0.15) is 5.78 Å². The molecule has 3 heteroatoms. The number of aliphatic hydroxyl groups is 2. The Morgan fingerprint density at radius 1 is 1.44 bits per heavy atom. The van der Waals surface area contributed by atoms with Gasteiger partial charge in [0.15, 0.2) is 0 Å². The van der Waals surface area contributed by atoms with Crippen LogP contribution in [0.15, 0.2) is 12.2 Å². The lowest BCUT2D eigenvalue weighted by Crippen LogP contribution is -2.19. The molecule has 18 heavy (non-hydrogen) atoms. The van der Waals surface area contributed by atoms with Crippen molar-refractivity contribution in [3.05, 3.63) is 12.2 Å². The van der Waals surface area contributed by atoms with Gasteiger partial charge >= 0.3 is 0 Å². The molecule has 2 N–H and O–H groups in total. The third-order valence-corrected chi connectivity index (χ3v) is 4.80. The normalized spacial score (nSPS) is 39.2. The first-order valence-electron chi connectivity index (χ1n) is 7.09. The molecular weight excluding hydrogens is 228 g/mol. The SMILES string of the molecule is CCC(C)[C@H](O)/C=C/[C@@H]1[C@H]2CC(=O)C[C@H]2C[C@H]1O. The van der Waals surface area contributed by atoms with Crippen molar-refractivity contribution in [3.63, 3.8) is 0 Å². The summed E-state index contributed by atoms with van der Waals surface area (Å²) in [4.78, 5) is 11.4. The van der Waals surface area contributed by atoms with Crippen LogP contribution < -0.4 is 0 Å². The number of hydrogen-bond acceptors (Lipinski definition) is 3. The van der Waals surface area contributed by atoms with E-state index >= 15 is 0 Å². The van der Waals surface area contributed by atoms with Gasteiger partial charge < -0.3 is 10.2 Å². The Balaban J connectivity index is 1.99. The van der Waals surface area contributed by atoms with Crippen molar-refractivity contribution < 1.29 is 15.0 Å². The summed E-state index contributed by atoms with van der Waals surface area (Å²) in [5.74, 6) is 1.29. The van der Waals surface area contributed by atoms with Crippen LogP contribution in [0, 0.1) is 23.7 Å². The smallest absolute Gasteiger partial charge is 0.133 e. The Morgan fingerprint density at radius 3 is 2.83 bits per heavy atom. The van der Waals surface area contributed by atoms with Gasteiger partial charge in [-0.25, -0.2) is 0 Å². The third-order valence-electron chi connectivity index (χ3n) is 4.80. The van der Waals surface area contributed by atoms with E-state index in [9.17, 15) is 15.0 Å². The van der Waals surface area contributed by atoms with Crippen LogP contribution in [-0.4, -0.2) is 28.2 Å². The summed E-state index contributed by atoms with van der Waals surface area (Å²) in [5.41, 5.74) is 0. The van der Waals surface area contributed by atoms with Gasteiger partial charge in [0.2, 0.25) is 0 Å². The molecule has 2 aliphatic rings. The molecule has 6 atom stereocenters. The fourth-order valence-electron chi connectivity index (χ4n) is 3.36. The molecule has 0 aromatic rings. The van der Waals surface area contributed by atoms with E-state index < -0.39 is 6.10 Å². The van der Waals surface area contributed by atoms with Gasteiger partial charge in [-0.05, 0) is 24.2 Å². The van der Waals surface area contributed by atoms with Gasteiger partial charge in [0.25, 0.3) is 0 Å². The Bertz CT molecular complexity index is 337. The van der Waals surface area contributed by atoms with E-state index in [1.165, 1.54) is 0 Å². The number of rotatable bonds is 4. The highest BCUT2D eigenvalue weighted by atomic mass is 16.3. The van der Waals surface area contributed by atoms with Gasteiger partial charge in [0.05, 0.1) is 12.2 Å². The third kappa shape index (κ3) is 2.67. The monoisotopic (exact) mass is 252 g/mol. The zero-order chi connectivity index (χ0) is 13.3. The first-order valence-corrected chi connectivity index (χ1v) is 7.09. The molecule has 2 fully saturated rings. The summed E-state index contributed by atoms with van der Waals surface area (Å²) in [6.07, 6.45) is 5.90. The Labute approximate surface area is 109 Å². The number of fused-ring (bicyclic) bond motifs is 1. The van der Waals surface area contributed by atoms with Crippen LogP contribution in [0.3, 0.4) is 0 Å². The summed E-state index contributed by atoms with van der Waals surface area (Å²) >= 11 is 0. The van der Waals surface area contributed by atoms with Gasteiger partial charge in [-0.1, -0.05) is 32.4 Å². The molecule has 0 radical (unpaired) electrons. The molecule has 0 spiro atoms. The zero-order valence-corrected chi connectivity index (χ0v) is 11.2. The predicted octanol–water partition coefficient (Wildman–Crippen LogP) is 1.93. The van der Waals surface area contributed by atoms with Crippen LogP contribution in [0.25, 0.3) is 0 Å². The quantitative estimate of drug-likeness (QED) is 0.752. The molecule has 0 aromatic heterocycles. The van der Waals surface area contributed by atoms with Gasteiger partial charge in [-0.2, -0.15) is 0 Å². The van der Waals surface area contributed by atoms with Crippen molar-refractivity contribution in [1.29, 1.82) is 0 Å². The maximum Gasteiger partial charge on any atom is 0.133 e. The molecule has 0 bridgehead atoms. The summed E-state index contributed by atoms with van der Waals surface area (Å²) in [6, 6.07) is 0. The van der Waals surface area contributed by atoms with Crippen molar-refractivity contribution in [2.75, 3.05) is 0 Å². The van der Waals surface area contributed by atoms with E-state index in [0.717, 1.165) is 12.8 Å². The van der Waals surface area contributed by atoms with Crippen molar-refractivity contribution in [2.45, 2.75) is 51.7 Å². The van der Waals surface area contributed by atoms with E-state index in [1.807, 2.05) is 19.1 Å². The molecule has 2 rings (SSSR count). The lowest BCUT2D eigenvalue weighted by molar-refractivity contribution is -0.118. The second-order valence-electron chi connectivity index (χ2n) is 6.01.